The van der Waals surface area contributed by atoms with Gasteiger partial charge >= 0.3 is 0 Å². The average Bonchev–Trinajstić information content (AvgIpc) is 3.48. The third-order valence-corrected chi connectivity index (χ3v) is 7.87. The predicted octanol–water partition coefficient (Wildman–Crippen LogP) is 5.74. The van der Waals surface area contributed by atoms with Crippen molar-refractivity contribution >= 4 is 23.4 Å². The molecule has 0 spiro atoms. The summed E-state index contributed by atoms with van der Waals surface area (Å²) in [5.41, 5.74) is 2.81. The smallest absolute Gasteiger partial charge is 0.243 e. The highest BCUT2D eigenvalue weighted by Gasteiger charge is 2.32. The van der Waals surface area contributed by atoms with Gasteiger partial charge in [-0.15, -0.1) is 0 Å². The van der Waals surface area contributed by atoms with Crippen LogP contribution >= 0.6 is 11.6 Å². The third kappa shape index (κ3) is 7.12. The molecule has 3 aromatic carbocycles. The minimum absolute atomic E-state index is 0.0905. The van der Waals surface area contributed by atoms with Gasteiger partial charge in [-0.2, -0.15) is 0 Å². The van der Waals surface area contributed by atoms with Crippen LogP contribution in [0.25, 0.3) is 0 Å². The summed E-state index contributed by atoms with van der Waals surface area (Å²) in [6.07, 6.45) is 5.40. The fourth-order valence-electron chi connectivity index (χ4n) is 5.37. The van der Waals surface area contributed by atoms with Gasteiger partial charge in [0, 0.05) is 30.5 Å². The Labute approximate surface area is 235 Å². The molecule has 6 nitrogen and oxygen atoms in total. The summed E-state index contributed by atoms with van der Waals surface area (Å²) in [4.78, 5) is 29.5. The van der Waals surface area contributed by atoms with Crippen molar-refractivity contribution in [3.05, 3.63) is 94.5 Å². The van der Waals surface area contributed by atoms with Gasteiger partial charge in [0.2, 0.25) is 11.8 Å². The van der Waals surface area contributed by atoms with Crippen LogP contribution < -0.4 is 14.8 Å². The standard InChI is InChI=1S/C32H35ClN2O4/c33-27-13-7-4-10-25(27)22-35(31(36)17-15-24-14-16-29-30(21-24)39-19-18-38-29)28(20-23-8-2-1-3-9-23)32(37)34-26-11-5-6-12-26/h1-4,7-10,13-14,16,21,26,28H,5-6,11-12,15,17-20,22H2,(H,34,37)/t28-/m0/s1. The Kier molecular flexibility index (Phi) is 9.04. The van der Waals surface area contributed by atoms with Gasteiger partial charge in [0.25, 0.3) is 0 Å². The van der Waals surface area contributed by atoms with E-state index in [1.807, 2.05) is 72.8 Å². The van der Waals surface area contributed by atoms with Gasteiger partial charge in [-0.05, 0) is 54.2 Å². The molecule has 1 aliphatic heterocycles. The van der Waals surface area contributed by atoms with Gasteiger partial charge in [-0.1, -0.05) is 79.0 Å². The Morgan fingerprint density at radius 1 is 0.897 bits per heavy atom. The van der Waals surface area contributed by atoms with Crippen molar-refractivity contribution in [2.45, 2.75) is 63.6 Å². The Balaban J connectivity index is 1.40. The number of nitrogens with one attached hydrogen (secondary N) is 1. The summed E-state index contributed by atoms with van der Waals surface area (Å²) < 4.78 is 11.4. The van der Waals surface area contributed by atoms with E-state index < -0.39 is 6.04 Å². The van der Waals surface area contributed by atoms with Crippen LogP contribution in [0.5, 0.6) is 11.5 Å². The average molecular weight is 547 g/mol. The molecule has 2 aliphatic rings. The Hall–Kier alpha value is -3.51. The normalized spacial score (nSPS) is 15.5. The number of fused-ring (bicyclic) bond motifs is 1. The van der Waals surface area contributed by atoms with Gasteiger partial charge < -0.3 is 19.7 Å². The zero-order chi connectivity index (χ0) is 27.0. The molecule has 0 saturated heterocycles. The number of carbonyl (C=O) groups excluding carboxylic acids is 2. The maximum atomic E-state index is 13.9. The third-order valence-electron chi connectivity index (χ3n) is 7.51. The van der Waals surface area contributed by atoms with E-state index in [-0.39, 0.29) is 30.8 Å². The zero-order valence-corrected chi connectivity index (χ0v) is 22.9. The van der Waals surface area contributed by atoms with Crippen LogP contribution in [-0.2, 0) is 29.0 Å². The number of halogens is 1. The number of nitrogens with zero attached hydrogens (tertiary/aromatic N) is 1. The molecule has 2 amide bonds. The number of hydrogen-bond acceptors (Lipinski definition) is 4. The molecule has 3 aromatic rings. The maximum absolute atomic E-state index is 13.9. The lowest BCUT2D eigenvalue weighted by Gasteiger charge is -2.32. The van der Waals surface area contributed by atoms with Gasteiger partial charge in [-0.3, -0.25) is 9.59 Å². The fraction of sp³-hybridized carbons (Fsp3) is 0.375. The molecule has 0 bridgehead atoms. The van der Waals surface area contributed by atoms with E-state index in [1.54, 1.807) is 4.90 Å². The second kappa shape index (κ2) is 13.0. The fourth-order valence-corrected chi connectivity index (χ4v) is 5.57. The van der Waals surface area contributed by atoms with Crippen molar-refractivity contribution in [2.75, 3.05) is 13.2 Å². The molecule has 0 aromatic heterocycles. The molecule has 39 heavy (non-hydrogen) atoms. The van der Waals surface area contributed by atoms with E-state index in [9.17, 15) is 9.59 Å². The summed E-state index contributed by atoms with van der Waals surface area (Å²) in [5, 5.41) is 3.83. The first-order valence-corrected chi connectivity index (χ1v) is 14.2. The lowest BCUT2D eigenvalue weighted by molar-refractivity contribution is -0.141. The first-order chi connectivity index (χ1) is 19.1. The molecule has 204 valence electrons. The Morgan fingerprint density at radius 2 is 1.62 bits per heavy atom. The molecule has 0 radical (unpaired) electrons. The Bertz CT molecular complexity index is 1280. The summed E-state index contributed by atoms with van der Waals surface area (Å²) in [6, 6.07) is 22.7. The minimum atomic E-state index is -0.656. The van der Waals surface area contributed by atoms with Gasteiger partial charge in [-0.25, -0.2) is 0 Å². The quantitative estimate of drug-likeness (QED) is 0.352. The summed E-state index contributed by atoms with van der Waals surface area (Å²) in [6.45, 7) is 1.31. The number of hydrogen-bond donors (Lipinski definition) is 1. The van der Waals surface area contributed by atoms with Crippen LogP contribution in [-0.4, -0.2) is 42.0 Å². The number of benzene rings is 3. The molecule has 0 unspecified atom stereocenters. The maximum Gasteiger partial charge on any atom is 0.243 e. The molecule has 1 aliphatic carbocycles. The minimum Gasteiger partial charge on any atom is -0.486 e. The lowest BCUT2D eigenvalue weighted by Crippen LogP contribution is -2.52. The molecular weight excluding hydrogens is 512 g/mol. The van der Waals surface area contributed by atoms with E-state index in [2.05, 4.69) is 5.32 Å². The second-order valence-corrected chi connectivity index (χ2v) is 10.7. The lowest BCUT2D eigenvalue weighted by atomic mass is 10.0. The summed E-state index contributed by atoms with van der Waals surface area (Å²) in [5.74, 6) is 1.23. The van der Waals surface area contributed by atoms with Crippen molar-refractivity contribution in [3.63, 3.8) is 0 Å². The van der Waals surface area contributed by atoms with Crippen LogP contribution in [0.3, 0.4) is 0 Å². The highest BCUT2D eigenvalue weighted by atomic mass is 35.5. The van der Waals surface area contributed by atoms with Crippen molar-refractivity contribution < 1.29 is 19.1 Å². The number of amides is 2. The van der Waals surface area contributed by atoms with Gasteiger partial charge in [0.05, 0.1) is 0 Å². The monoisotopic (exact) mass is 546 g/mol. The van der Waals surface area contributed by atoms with Crippen molar-refractivity contribution in [2.24, 2.45) is 0 Å². The van der Waals surface area contributed by atoms with Gasteiger partial charge in [0.15, 0.2) is 11.5 Å². The molecule has 5 rings (SSSR count). The van der Waals surface area contributed by atoms with Gasteiger partial charge in [0.1, 0.15) is 19.3 Å². The largest absolute Gasteiger partial charge is 0.486 e. The molecule has 1 saturated carbocycles. The van der Waals surface area contributed by atoms with E-state index in [4.69, 9.17) is 21.1 Å². The molecule has 1 heterocycles. The zero-order valence-electron chi connectivity index (χ0n) is 22.1. The number of carbonyl (C=O) groups is 2. The van der Waals surface area contributed by atoms with E-state index in [0.29, 0.717) is 36.8 Å². The van der Waals surface area contributed by atoms with Crippen LogP contribution in [0, 0.1) is 0 Å². The number of ether oxygens (including phenoxy) is 2. The van der Waals surface area contributed by atoms with Crippen LogP contribution in [0.4, 0.5) is 0 Å². The highest BCUT2D eigenvalue weighted by Crippen LogP contribution is 2.31. The first kappa shape index (κ1) is 27.1. The van der Waals surface area contributed by atoms with E-state index in [0.717, 1.165) is 48.1 Å². The molecule has 1 fully saturated rings. The van der Waals surface area contributed by atoms with Crippen LogP contribution in [0.2, 0.25) is 5.02 Å². The number of rotatable bonds is 10. The topological polar surface area (TPSA) is 67.9 Å². The summed E-state index contributed by atoms with van der Waals surface area (Å²) in [7, 11) is 0. The van der Waals surface area contributed by atoms with Crippen molar-refractivity contribution in [1.82, 2.24) is 10.2 Å². The predicted molar refractivity (Wildman–Crippen MR) is 152 cm³/mol. The molecule has 1 N–H and O–H groups in total. The first-order valence-electron chi connectivity index (χ1n) is 13.8. The van der Waals surface area contributed by atoms with E-state index in [1.165, 1.54) is 0 Å². The Morgan fingerprint density at radius 3 is 2.38 bits per heavy atom. The molecular formula is C32H35ClN2O4. The van der Waals surface area contributed by atoms with Crippen molar-refractivity contribution in [3.8, 4) is 11.5 Å². The van der Waals surface area contributed by atoms with Crippen LogP contribution in [0.1, 0.15) is 48.8 Å². The summed E-state index contributed by atoms with van der Waals surface area (Å²) >= 11 is 6.53. The highest BCUT2D eigenvalue weighted by molar-refractivity contribution is 6.31. The SMILES string of the molecule is O=C(NC1CCCC1)[C@H](Cc1ccccc1)N(Cc1ccccc1Cl)C(=O)CCc1ccc2c(c1)OCCO2. The molecule has 1 atom stereocenters. The number of aryl methyl sites for hydroxylation is 1. The van der Waals surface area contributed by atoms with Crippen LogP contribution in [0.15, 0.2) is 72.8 Å². The second-order valence-electron chi connectivity index (χ2n) is 10.3. The van der Waals surface area contributed by atoms with E-state index >= 15 is 0 Å². The van der Waals surface area contributed by atoms with Crippen molar-refractivity contribution in [1.29, 1.82) is 0 Å². The molecule has 7 heteroatoms.